The van der Waals surface area contributed by atoms with E-state index < -0.39 is 5.91 Å². The number of nitrogens with one attached hydrogen (secondary N) is 2. The van der Waals surface area contributed by atoms with Crippen LogP contribution in [0.25, 0.3) is 0 Å². The Labute approximate surface area is 53.2 Å². The number of hydrogen-bond acceptors (Lipinski definition) is 3. The molecule has 0 heterocycles. The number of carbonyl (C=O) groups excluding carboxylic acids is 1. The summed E-state index contributed by atoms with van der Waals surface area (Å²) < 4.78 is 0. The Balaban J connectivity index is 4.14. The van der Waals surface area contributed by atoms with Crippen LogP contribution < -0.4 is 11.1 Å². The average Bonchev–Trinajstić information content (AvgIpc) is 1.82. The maximum atomic E-state index is 10.3. The Kier molecular flexibility index (Phi) is 3.12. The van der Waals surface area contributed by atoms with Crippen molar-refractivity contribution in [1.82, 2.24) is 5.32 Å². The van der Waals surface area contributed by atoms with Crippen molar-refractivity contribution in [2.45, 2.75) is 0 Å². The van der Waals surface area contributed by atoms with Crippen LogP contribution in [0.5, 0.6) is 0 Å². The van der Waals surface area contributed by atoms with Gasteiger partial charge in [0.05, 0.1) is 5.57 Å². The number of rotatable bonds is 3. The summed E-state index contributed by atoms with van der Waals surface area (Å²) in [5.74, 6) is -0.598. The van der Waals surface area contributed by atoms with Crippen LogP contribution in [0, 0.1) is 5.41 Å². The van der Waals surface area contributed by atoms with Gasteiger partial charge in [0.25, 0.3) is 5.91 Å². The van der Waals surface area contributed by atoms with Crippen LogP contribution in [0.4, 0.5) is 0 Å². The summed E-state index contributed by atoms with van der Waals surface area (Å²) in [4.78, 5) is 10.3. The number of primary amides is 1. The second-order valence-corrected chi connectivity index (χ2v) is 1.40. The van der Waals surface area contributed by atoms with Crippen molar-refractivity contribution in [2.24, 2.45) is 5.73 Å². The predicted octanol–water partition coefficient (Wildman–Crippen LogP) is -0.775. The highest BCUT2D eigenvalue weighted by molar-refractivity contribution is 6.10. The van der Waals surface area contributed by atoms with Gasteiger partial charge in [-0.15, -0.1) is 0 Å². The first-order valence-electron chi connectivity index (χ1n) is 2.40. The lowest BCUT2D eigenvalue weighted by Gasteiger charge is -1.91. The minimum absolute atomic E-state index is 0.164. The molecule has 0 aromatic heterocycles. The zero-order valence-corrected chi connectivity index (χ0v) is 5.14. The van der Waals surface area contributed by atoms with E-state index in [1.165, 1.54) is 6.20 Å². The van der Waals surface area contributed by atoms with Gasteiger partial charge in [-0.3, -0.25) is 4.79 Å². The second kappa shape index (κ2) is 3.65. The summed E-state index contributed by atoms with van der Waals surface area (Å²) in [6.07, 6.45) is 2.27. The maximum absolute atomic E-state index is 10.3. The molecule has 4 N–H and O–H groups in total. The molecule has 4 nitrogen and oxygen atoms in total. The highest BCUT2D eigenvalue weighted by Crippen LogP contribution is 1.82. The van der Waals surface area contributed by atoms with Crippen LogP contribution in [0.15, 0.2) is 11.8 Å². The Morgan fingerprint density at radius 3 is 2.44 bits per heavy atom. The largest absolute Gasteiger partial charge is 0.393 e. The van der Waals surface area contributed by atoms with E-state index in [2.05, 4.69) is 5.32 Å². The van der Waals surface area contributed by atoms with Gasteiger partial charge >= 0.3 is 0 Å². The van der Waals surface area contributed by atoms with Gasteiger partial charge in [-0.25, -0.2) is 0 Å². The van der Waals surface area contributed by atoms with E-state index in [-0.39, 0.29) is 5.57 Å². The summed E-state index contributed by atoms with van der Waals surface area (Å²) in [5.41, 5.74) is 5.00. The third kappa shape index (κ3) is 2.48. The van der Waals surface area contributed by atoms with E-state index in [9.17, 15) is 4.79 Å². The summed E-state index contributed by atoms with van der Waals surface area (Å²) in [6.45, 7) is 0. The Morgan fingerprint density at radius 2 is 2.33 bits per heavy atom. The molecule has 0 bridgehead atoms. The van der Waals surface area contributed by atoms with E-state index in [0.717, 1.165) is 6.21 Å². The van der Waals surface area contributed by atoms with Gasteiger partial charge in [-0.1, -0.05) is 0 Å². The van der Waals surface area contributed by atoms with Gasteiger partial charge in [0.15, 0.2) is 0 Å². The van der Waals surface area contributed by atoms with Gasteiger partial charge in [0.1, 0.15) is 0 Å². The minimum Gasteiger partial charge on any atom is -0.393 e. The average molecular weight is 127 g/mol. The van der Waals surface area contributed by atoms with Crippen LogP contribution in [0.3, 0.4) is 0 Å². The quantitative estimate of drug-likeness (QED) is 0.343. The first-order valence-corrected chi connectivity index (χ1v) is 2.40. The molecule has 4 heteroatoms. The van der Waals surface area contributed by atoms with Crippen LogP contribution >= 0.6 is 0 Å². The Bertz CT molecular complexity index is 150. The van der Waals surface area contributed by atoms with E-state index in [4.69, 9.17) is 11.1 Å². The fraction of sp³-hybridized carbons (Fsp3) is 0.200. The molecular weight excluding hydrogens is 118 g/mol. The lowest BCUT2D eigenvalue weighted by molar-refractivity contribution is -0.114. The molecule has 0 rings (SSSR count). The predicted molar refractivity (Wildman–Crippen MR) is 35.1 cm³/mol. The monoisotopic (exact) mass is 127 g/mol. The summed E-state index contributed by atoms with van der Waals surface area (Å²) >= 11 is 0. The third-order valence-electron chi connectivity index (χ3n) is 0.740. The van der Waals surface area contributed by atoms with Gasteiger partial charge in [-0.05, 0) is 0 Å². The zero-order chi connectivity index (χ0) is 7.28. The third-order valence-corrected chi connectivity index (χ3v) is 0.740. The normalized spacial score (nSPS) is 10.6. The van der Waals surface area contributed by atoms with Crippen LogP contribution in [-0.4, -0.2) is 19.2 Å². The molecular formula is C5H9N3O. The van der Waals surface area contributed by atoms with Crippen molar-refractivity contribution >= 4 is 12.1 Å². The van der Waals surface area contributed by atoms with E-state index in [1.807, 2.05) is 0 Å². The van der Waals surface area contributed by atoms with Crippen molar-refractivity contribution in [3.63, 3.8) is 0 Å². The first-order chi connectivity index (χ1) is 4.22. The van der Waals surface area contributed by atoms with Crippen LogP contribution in [0.1, 0.15) is 0 Å². The summed E-state index contributed by atoms with van der Waals surface area (Å²) in [7, 11) is 1.63. The minimum atomic E-state index is -0.598. The van der Waals surface area contributed by atoms with Gasteiger partial charge in [0.2, 0.25) is 0 Å². The van der Waals surface area contributed by atoms with Crippen molar-refractivity contribution < 1.29 is 4.79 Å². The molecule has 0 radical (unpaired) electrons. The van der Waals surface area contributed by atoms with E-state index in [0.29, 0.717) is 0 Å². The standard InChI is InChI=1S/C5H9N3O/c1-8-3-4(2-6)5(7)9/h2-3,6,8H,1H3,(H2,7,9)/b4-3+,6-2?. The Morgan fingerprint density at radius 1 is 1.78 bits per heavy atom. The van der Waals surface area contributed by atoms with Crippen molar-refractivity contribution in [3.05, 3.63) is 11.8 Å². The molecule has 0 aliphatic carbocycles. The number of carbonyl (C=O) groups is 1. The van der Waals surface area contributed by atoms with Crippen LogP contribution in [-0.2, 0) is 4.79 Å². The second-order valence-electron chi connectivity index (χ2n) is 1.40. The topological polar surface area (TPSA) is 79.0 Å². The maximum Gasteiger partial charge on any atom is 0.251 e. The smallest absolute Gasteiger partial charge is 0.251 e. The van der Waals surface area contributed by atoms with Crippen molar-refractivity contribution in [3.8, 4) is 0 Å². The molecule has 1 amide bonds. The van der Waals surface area contributed by atoms with Gasteiger partial charge < -0.3 is 16.5 Å². The summed E-state index contributed by atoms with van der Waals surface area (Å²) in [5, 5.41) is 9.25. The highest BCUT2D eigenvalue weighted by atomic mass is 16.1. The van der Waals surface area contributed by atoms with Gasteiger partial charge in [0, 0.05) is 19.5 Å². The molecule has 9 heavy (non-hydrogen) atoms. The molecule has 0 spiro atoms. The number of hydrogen-bond donors (Lipinski definition) is 3. The molecule has 0 saturated heterocycles. The molecule has 0 aliphatic rings. The fourth-order valence-corrected chi connectivity index (χ4v) is 0.339. The zero-order valence-electron chi connectivity index (χ0n) is 5.14. The molecule has 0 atom stereocenters. The number of amides is 1. The molecule has 0 saturated carbocycles. The summed E-state index contributed by atoms with van der Waals surface area (Å²) in [6, 6.07) is 0. The molecule has 0 fully saturated rings. The van der Waals surface area contributed by atoms with Crippen LogP contribution in [0.2, 0.25) is 0 Å². The highest BCUT2D eigenvalue weighted by Gasteiger charge is 1.96. The molecule has 0 aliphatic heterocycles. The van der Waals surface area contributed by atoms with Crippen molar-refractivity contribution in [2.75, 3.05) is 7.05 Å². The van der Waals surface area contributed by atoms with Crippen molar-refractivity contribution in [1.29, 1.82) is 5.41 Å². The Hall–Kier alpha value is -1.32. The lowest BCUT2D eigenvalue weighted by Crippen LogP contribution is -2.16. The molecule has 0 aromatic rings. The lowest BCUT2D eigenvalue weighted by atomic mass is 10.3. The molecule has 0 aromatic carbocycles. The first kappa shape index (κ1) is 7.68. The SMILES string of the molecule is CN/C=C(\C=N)C(N)=O. The van der Waals surface area contributed by atoms with Gasteiger partial charge in [-0.2, -0.15) is 0 Å². The number of nitrogens with two attached hydrogens (primary N) is 1. The van der Waals surface area contributed by atoms with E-state index in [1.54, 1.807) is 7.05 Å². The molecule has 50 valence electrons. The molecule has 0 unspecified atom stereocenters. The van der Waals surface area contributed by atoms with E-state index >= 15 is 0 Å². The fourth-order valence-electron chi connectivity index (χ4n) is 0.339.